The number of likely N-dealkylation sites (tertiary alicyclic amines) is 1. The Balaban J connectivity index is 1.24. The highest BCUT2D eigenvalue weighted by atomic mass is 16.2. The third-order valence-electron chi connectivity index (χ3n) is 5.95. The van der Waals surface area contributed by atoms with E-state index in [1.807, 2.05) is 30.3 Å². The molecule has 1 saturated carbocycles. The summed E-state index contributed by atoms with van der Waals surface area (Å²) in [6.45, 7) is 1.32. The molecule has 7 heteroatoms. The molecule has 0 bridgehead atoms. The lowest BCUT2D eigenvalue weighted by Gasteiger charge is -2.36. The molecule has 7 nitrogen and oxygen atoms in total. The Labute approximate surface area is 162 Å². The number of piperidine rings is 1. The van der Waals surface area contributed by atoms with Crippen LogP contribution < -0.4 is 0 Å². The molecule has 28 heavy (non-hydrogen) atoms. The van der Waals surface area contributed by atoms with Crippen LogP contribution in [0.5, 0.6) is 0 Å². The second kappa shape index (κ2) is 6.58. The van der Waals surface area contributed by atoms with Crippen molar-refractivity contribution in [1.29, 1.82) is 0 Å². The van der Waals surface area contributed by atoms with Crippen LogP contribution in [0.3, 0.4) is 0 Å². The van der Waals surface area contributed by atoms with Crippen LogP contribution in [-0.4, -0.2) is 69.2 Å². The molecule has 2 aliphatic heterocycles. The second-order valence-electron chi connectivity index (χ2n) is 7.82. The van der Waals surface area contributed by atoms with Gasteiger partial charge in [0.05, 0.1) is 5.52 Å². The molecular weight excluding hydrogens is 356 g/mol. The van der Waals surface area contributed by atoms with Gasteiger partial charge in [0.2, 0.25) is 0 Å². The zero-order valence-corrected chi connectivity index (χ0v) is 15.6. The molecule has 3 fully saturated rings. The van der Waals surface area contributed by atoms with Crippen LogP contribution >= 0.6 is 0 Å². The molecule has 1 aliphatic carbocycles. The number of amides is 4. The maximum Gasteiger partial charge on any atom is 0.327 e. The number of nitrogens with zero attached hydrogens (tertiary/aromatic N) is 4. The van der Waals surface area contributed by atoms with Gasteiger partial charge in [0.1, 0.15) is 12.2 Å². The number of urea groups is 1. The van der Waals surface area contributed by atoms with E-state index in [0.29, 0.717) is 31.6 Å². The van der Waals surface area contributed by atoms with Gasteiger partial charge in [-0.05, 0) is 37.8 Å². The summed E-state index contributed by atoms with van der Waals surface area (Å²) in [7, 11) is 0. The van der Waals surface area contributed by atoms with E-state index in [4.69, 9.17) is 0 Å². The molecule has 3 aliphatic rings. The summed E-state index contributed by atoms with van der Waals surface area (Å²) in [5.74, 6) is -0.154. The smallest absolute Gasteiger partial charge is 0.327 e. The number of carbonyl (C=O) groups is 3. The van der Waals surface area contributed by atoms with Gasteiger partial charge in [0.15, 0.2) is 0 Å². The second-order valence-corrected chi connectivity index (χ2v) is 7.82. The standard InChI is InChI=1S/C21H22N4O3/c26-19-13-24(21(28)25(19)16-6-7-16)15-9-11-23(12-10-15)20(27)18-8-5-14-3-1-2-4-17(14)22-18/h1-5,8,15-16H,6-7,9-13H2. The summed E-state index contributed by atoms with van der Waals surface area (Å²) in [4.78, 5) is 47.1. The van der Waals surface area contributed by atoms with Gasteiger partial charge in [-0.3, -0.25) is 14.5 Å². The Hall–Kier alpha value is -2.96. The Morgan fingerprint density at radius 3 is 2.43 bits per heavy atom. The summed E-state index contributed by atoms with van der Waals surface area (Å²) in [6, 6.07) is 11.4. The van der Waals surface area contributed by atoms with Crippen molar-refractivity contribution in [3.8, 4) is 0 Å². The highest BCUT2D eigenvalue weighted by molar-refractivity contribution is 6.02. The lowest BCUT2D eigenvalue weighted by atomic mass is 10.0. The van der Waals surface area contributed by atoms with Crippen molar-refractivity contribution in [2.24, 2.45) is 0 Å². The molecule has 144 valence electrons. The van der Waals surface area contributed by atoms with Crippen molar-refractivity contribution < 1.29 is 14.4 Å². The molecule has 3 heterocycles. The number of hydrogen-bond acceptors (Lipinski definition) is 4. The Morgan fingerprint density at radius 2 is 1.68 bits per heavy atom. The number of benzene rings is 1. The predicted octanol–water partition coefficient (Wildman–Crippen LogP) is 2.27. The van der Waals surface area contributed by atoms with Crippen LogP contribution in [-0.2, 0) is 4.79 Å². The average molecular weight is 378 g/mol. The van der Waals surface area contributed by atoms with Crippen molar-refractivity contribution in [3.63, 3.8) is 0 Å². The lowest BCUT2D eigenvalue weighted by Crippen LogP contribution is -2.48. The van der Waals surface area contributed by atoms with Gasteiger partial charge in [-0.2, -0.15) is 0 Å². The fourth-order valence-corrected chi connectivity index (χ4v) is 4.24. The molecule has 0 unspecified atom stereocenters. The van der Waals surface area contributed by atoms with Crippen LogP contribution in [0.25, 0.3) is 10.9 Å². The third kappa shape index (κ3) is 2.91. The first kappa shape index (κ1) is 17.2. The molecular formula is C21H22N4O3. The minimum atomic E-state index is -0.145. The van der Waals surface area contributed by atoms with Crippen molar-refractivity contribution in [2.75, 3.05) is 19.6 Å². The van der Waals surface area contributed by atoms with Gasteiger partial charge in [-0.15, -0.1) is 0 Å². The molecule has 1 aromatic carbocycles. The third-order valence-corrected chi connectivity index (χ3v) is 5.95. The minimum absolute atomic E-state index is 0.0220. The first-order valence-corrected chi connectivity index (χ1v) is 9.89. The first-order valence-electron chi connectivity index (χ1n) is 9.89. The van der Waals surface area contributed by atoms with E-state index < -0.39 is 0 Å². The average Bonchev–Trinajstić information content (AvgIpc) is 3.51. The zero-order valence-electron chi connectivity index (χ0n) is 15.6. The number of para-hydroxylation sites is 1. The van der Waals surface area contributed by atoms with E-state index in [1.165, 1.54) is 4.90 Å². The highest BCUT2D eigenvalue weighted by Gasteiger charge is 2.47. The van der Waals surface area contributed by atoms with Gasteiger partial charge in [0, 0.05) is 30.6 Å². The van der Waals surface area contributed by atoms with E-state index in [-0.39, 0.29) is 36.5 Å². The molecule has 0 radical (unpaired) electrons. The number of fused-ring (bicyclic) bond motifs is 1. The van der Waals surface area contributed by atoms with Crippen molar-refractivity contribution in [2.45, 2.75) is 37.8 Å². The van der Waals surface area contributed by atoms with Gasteiger partial charge in [-0.1, -0.05) is 24.3 Å². The van der Waals surface area contributed by atoms with Crippen LogP contribution in [0.1, 0.15) is 36.2 Å². The van der Waals surface area contributed by atoms with Crippen molar-refractivity contribution in [3.05, 3.63) is 42.1 Å². The largest absolute Gasteiger partial charge is 0.337 e. The lowest BCUT2D eigenvalue weighted by molar-refractivity contribution is -0.125. The number of rotatable bonds is 3. The van der Waals surface area contributed by atoms with E-state index in [0.717, 1.165) is 23.7 Å². The van der Waals surface area contributed by atoms with Crippen LogP contribution in [0.4, 0.5) is 4.79 Å². The summed E-state index contributed by atoms with van der Waals surface area (Å²) in [5.41, 5.74) is 1.26. The van der Waals surface area contributed by atoms with Gasteiger partial charge < -0.3 is 9.80 Å². The minimum Gasteiger partial charge on any atom is -0.337 e. The summed E-state index contributed by atoms with van der Waals surface area (Å²) in [5, 5.41) is 1.01. The maximum atomic E-state index is 12.9. The number of hydrogen-bond donors (Lipinski definition) is 0. The Bertz CT molecular complexity index is 963. The van der Waals surface area contributed by atoms with E-state index in [2.05, 4.69) is 4.98 Å². The van der Waals surface area contributed by atoms with Gasteiger partial charge in [-0.25, -0.2) is 9.78 Å². The molecule has 2 saturated heterocycles. The predicted molar refractivity (Wildman–Crippen MR) is 103 cm³/mol. The first-order chi connectivity index (χ1) is 13.6. The number of imide groups is 1. The Kier molecular flexibility index (Phi) is 4.03. The van der Waals surface area contributed by atoms with Crippen molar-refractivity contribution in [1.82, 2.24) is 19.7 Å². The molecule has 1 aromatic heterocycles. The van der Waals surface area contributed by atoms with E-state index in [1.54, 1.807) is 15.9 Å². The topological polar surface area (TPSA) is 73.8 Å². The number of pyridine rings is 1. The maximum absolute atomic E-state index is 12.9. The fraction of sp³-hybridized carbons (Fsp3) is 0.429. The van der Waals surface area contributed by atoms with Crippen LogP contribution in [0.15, 0.2) is 36.4 Å². The number of aromatic nitrogens is 1. The molecule has 0 spiro atoms. The van der Waals surface area contributed by atoms with Gasteiger partial charge >= 0.3 is 6.03 Å². The summed E-state index contributed by atoms with van der Waals surface area (Å²) >= 11 is 0. The van der Waals surface area contributed by atoms with Crippen molar-refractivity contribution >= 4 is 28.7 Å². The summed E-state index contributed by atoms with van der Waals surface area (Å²) < 4.78 is 0. The van der Waals surface area contributed by atoms with Gasteiger partial charge in [0.25, 0.3) is 11.8 Å². The fourth-order valence-electron chi connectivity index (χ4n) is 4.24. The highest BCUT2D eigenvalue weighted by Crippen LogP contribution is 2.32. The molecule has 5 rings (SSSR count). The summed E-state index contributed by atoms with van der Waals surface area (Å²) in [6.07, 6.45) is 3.24. The van der Waals surface area contributed by atoms with Crippen LogP contribution in [0.2, 0.25) is 0 Å². The van der Waals surface area contributed by atoms with Crippen LogP contribution in [0, 0.1) is 0 Å². The quantitative estimate of drug-likeness (QED) is 0.768. The molecule has 2 aromatic rings. The molecule has 0 atom stereocenters. The molecule has 4 amide bonds. The van der Waals surface area contributed by atoms with E-state index in [9.17, 15) is 14.4 Å². The normalized spacial score (nSPS) is 21.1. The van der Waals surface area contributed by atoms with E-state index >= 15 is 0 Å². The zero-order chi connectivity index (χ0) is 19.3. The SMILES string of the molecule is O=C(c1ccc2ccccc2n1)N1CCC(N2CC(=O)N(C3CC3)C2=O)CC1. The number of carbonyl (C=O) groups excluding carboxylic acids is 3. The monoisotopic (exact) mass is 378 g/mol. The molecule has 0 N–H and O–H groups in total. The Morgan fingerprint density at radius 1 is 0.929 bits per heavy atom.